The van der Waals surface area contributed by atoms with E-state index in [4.69, 9.17) is 5.73 Å². The molecule has 0 bridgehead atoms. The molecule has 0 heterocycles. The quantitative estimate of drug-likeness (QED) is 0.796. The first-order valence-electron chi connectivity index (χ1n) is 6.51. The number of hydrogen-bond acceptors (Lipinski definition) is 2. The maximum atomic E-state index is 10.8. The van der Waals surface area contributed by atoms with Crippen LogP contribution in [0.5, 0.6) is 0 Å². The highest BCUT2D eigenvalue weighted by Gasteiger charge is 2.01. The predicted octanol–water partition coefficient (Wildman–Crippen LogP) is 3.41. The Kier molecular flexibility index (Phi) is 4.25. The third-order valence-electron chi connectivity index (χ3n) is 3.12. The fraction of sp³-hybridized carbons (Fsp3) is 0.188. The third kappa shape index (κ3) is 3.75. The second-order valence-electron chi connectivity index (χ2n) is 4.85. The van der Waals surface area contributed by atoms with E-state index in [-0.39, 0.29) is 0 Å². The molecule has 20 heavy (non-hydrogen) atoms. The van der Waals surface area contributed by atoms with Gasteiger partial charge in [-0.1, -0.05) is 29.8 Å². The minimum absolute atomic E-state index is 0.559. The summed E-state index contributed by atoms with van der Waals surface area (Å²) in [7, 11) is 0. The fourth-order valence-corrected chi connectivity index (χ4v) is 2.04. The van der Waals surface area contributed by atoms with Crippen molar-refractivity contribution in [2.75, 3.05) is 10.6 Å². The normalized spacial score (nSPS) is 10.1. The number of anilines is 2. The number of nitrogens with two attached hydrogens (primary N) is 1. The molecule has 0 fully saturated rings. The zero-order valence-corrected chi connectivity index (χ0v) is 11.7. The van der Waals surface area contributed by atoms with Gasteiger partial charge in [0.1, 0.15) is 0 Å². The van der Waals surface area contributed by atoms with Crippen molar-refractivity contribution in [3.8, 4) is 0 Å². The lowest BCUT2D eigenvalue weighted by atomic mass is 10.1. The number of hydrogen-bond donors (Lipinski definition) is 3. The van der Waals surface area contributed by atoms with Crippen molar-refractivity contribution in [1.82, 2.24) is 0 Å². The number of rotatable bonds is 4. The van der Waals surface area contributed by atoms with Crippen LogP contribution in [0.2, 0.25) is 0 Å². The van der Waals surface area contributed by atoms with Gasteiger partial charge < -0.3 is 16.4 Å². The molecule has 4 heteroatoms. The minimum Gasteiger partial charge on any atom is -0.381 e. The fourth-order valence-electron chi connectivity index (χ4n) is 2.04. The molecule has 4 nitrogen and oxygen atoms in total. The summed E-state index contributed by atoms with van der Waals surface area (Å²) in [5.74, 6) is 0. The molecule has 2 rings (SSSR count). The summed E-state index contributed by atoms with van der Waals surface area (Å²) in [6.45, 7) is 4.93. The van der Waals surface area contributed by atoms with Gasteiger partial charge in [-0.15, -0.1) is 0 Å². The Morgan fingerprint density at radius 1 is 1.10 bits per heavy atom. The Morgan fingerprint density at radius 3 is 2.60 bits per heavy atom. The highest BCUT2D eigenvalue weighted by atomic mass is 16.2. The van der Waals surface area contributed by atoms with Gasteiger partial charge in [0, 0.05) is 17.9 Å². The number of primary amides is 1. The third-order valence-corrected chi connectivity index (χ3v) is 3.12. The van der Waals surface area contributed by atoms with Crippen LogP contribution in [0.3, 0.4) is 0 Å². The van der Waals surface area contributed by atoms with Crippen molar-refractivity contribution < 1.29 is 4.79 Å². The Labute approximate surface area is 119 Å². The van der Waals surface area contributed by atoms with E-state index in [9.17, 15) is 4.79 Å². The van der Waals surface area contributed by atoms with E-state index < -0.39 is 6.03 Å². The first-order chi connectivity index (χ1) is 9.54. The Morgan fingerprint density at radius 2 is 1.85 bits per heavy atom. The number of carbonyl (C=O) groups excluding carboxylic acids is 1. The van der Waals surface area contributed by atoms with Crippen molar-refractivity contribution in [3.63, 3.8) is 0 Å². The molecule has 2 aromatic carbocycles. The Balaban J connectivity index is 2.07. The van der Waals surface area contributed by atoms with Crippen LogP contribution in [-0.4, -0.2) is 6.03 Å². The molecule has 0 radical (unpaired) electrons. The predicted molar refractivity (Wildman–Crippen MR) is 82.9 cm³/mol. The molecule has 0 aliphatic heterocycles. The maximum Gasteiger partial charge on any atom is 0.316 e. The summed E-state index contributed by atoms with van der Waals surface area (Å²) >= 11 is 0. The van der Waals surface area contributed by atoms with Crippen molar-refractivity contribution in [2.45, 2.75) is 20.4 Å². The van der Waals surface area contributed by atoms with Crippen molar-refractivity contribution in [2.24, 2.45) is 5.73 Å². The van der Waals surface area contributed by atoms with Gasteiger partial charge in [0.25, 0.3) is 0 Å². The lowest BCUT2D eigenvalue weighted by Gasteiger charge is -2.11. The summed E-state index contributed by atoms with van der Waals surface area (Å²) in [6, 6.07) is 13.3. The van der Waals surface area contributed by atoms with Gasteiger partial charge >= 0.3 is 6.03 Å². The number of urea groups is 1. The molecule has 4 N–H and O–H groups in total. The average Bonchev–Trinajstić information content (AvgIpc) is 2.39. The summed E-state index contributed by atoms with van der Waals surface area (Å²) in [5.41, 5.74) is 10.5. The number of carbonyl (C=O) groups is 1. The molecule has 0 saturated carbocycles. The van der Waals surface area contributed by atoms with Gasteiger partial charge in [0.2, 0.25) is 0 Å². The Hall–Kier alpha value is -2.49. The Bertz CT molecular complexity index is 623. The van der Waals surface area contributed by atoms with E-state index in [1.807, 2.05) is 18.2 Å². The topological polar surface area (TPSA) is 67.2 Å². The van der Waals surface area contributed by atoms with Crippen molar-refractivity contribution in [1.29, 1.82) is 0 Å². The molecule has 0 aliphatic rings. The number of amides is 2. The van der Waals surface area contributed by atoms with Crippen LogP contribution in [0, 0.1) is 13.8 Å². The van der Waals surface area contributed by atoms with E-state index in [2.05, 4.69) is 42.7 Å². The summed E-state index contributed by atoms with van der Waals surface area (Å²) in [6.07, 6.45) is 0. The smallest absolute Gasteiger partial charge is 0.316 e. The SMILES string of the molecule is Cc1ccc(C)c(CNc2cccc(NC(N)=O)c2)c1. The van der Waals surface area contributed by atoms with Crippen LogP contribution in [-0.2, 0) is 6.54 Å². The van der Waals surface area contributed by atoms with Crippen LogP contribution >= 0.6 is 0 Å². The molecule has 0 spiro atoms. The molecule has 0 aromatic heterocycles. The van der Waals surface area contributed by atoms with Gasteiger partial charge in [-0.3, -0.25) is 0 Å². The second kappa shape index (κ2) is 6.10. The number of nitrogens with one attached hydrogen (secondary N) is 2. The summed E-state index contributed by atoms with van der Waals surface area (Å²) < 4.78 is 0. The first kappa shape index (κ1) is 13.9. The van der Waals surface area contributed by atoms with Crippen LogP contribution in [0.15, 0.2) is 42.5 Å². The largest absolute Gasteiger partial charge is 0.381 e. The van der Waals surface area contributed by atoms with Gasteiger partial charge in [-0.2, -0.15) is 0 Å². The van der Waals surface area contributed by atoms with E-state index in [0.29, 0.717) is 5.69 Å². The summed E-state index contributed by atoms with van der Waals surface area (Å²) in [4.78, 5) is 10.8. The van der Waals surface area contributed by atoms with Crippen LogP contribution in [0.25, 0.3) is 0 Å². The van der Waals surface area contributed by atoms with Gasteiger partial charge in [0.15, 0.2) is 0 Å². The molecular formula is C16H19N3O. The van der Waals surface area contributed by atoms with Gasteiger partial charge in [-0.05, 0) is 43.2 Å². The van der Waals surface area contributed by atoms with Crippen LogP contribution < -0.4 is 16.4 Å². The van der Waals surface area contributed by atoms with Crippen LogP contribution in [0.1, 0.15) is 16.7 Å². The molecule has 104 valence electrons. The number of benzene rings is 2. The zero-order chi connectivity index (χ0) is 14.5. The number of aryl methyl sites for hydroxylation is 2. The molecular weight excluding hydrogens is 250 g/mol. The standard InChI is InChI=1S/C16H19N3O/c1-11-6-7-12(2)13(8-11)10-18-14-4-3-5-15(9-14)19-16(17)20/h3-9,18H,10H2,1-2H3,(H3,17,19,20). The van der Waals surface area contributed by atoms with E-state index >= 15 is 0 Å². The highest BCUT2D eigenvalue weighted by molar-refractivity contribution is 5.88. The lowest BCUT2D eigenvalue weighted by molar-refractivity contribution is 0.259. The minimum atomic E-state index is -0.559. The van der Waals surface area contributed by atoms with Gasteiger partial charge in [0.05, 0.1) is 0 Å². The van der Waals surface area contributed by atoms with E-state index in [1.165, 1.54) is 16.7 Å². The van der Waals surface area contributed by atoms with Gasteiger partial charge in [-0.25, -0.2) is 4.79 Å². The zero-order valence-electron chi connectivity index (χ0n) is 11.7. The highest BCUT2D eigenvalue weighted by Crippen LogP contribution is 2.17. The second-order valence-corrected chi connectivity index (χ2v) is 4.85. The molecule has 0 atom stereocenters. The first-order valence-corrected chi connectivity index (χ1v) is 6.51. The maximum absolute atomic E-state index is 10.8. The summed E-state index contributed by atoms with van der Waals surface area (Å²) in [5, 5.41) is 5.91. The molecule has 2 aromatic rings. The van der Waals surface area contributed by atoms with Crippen molar-refractivity contribution >= 4 is 17.4 Å². The average molecular weight is 269 g/mol. The molecule has 0 unspecified atom stereocenters. The van der Waals surface area contributed by atoms with Crippen LogP contribution in [0.4, 0.5) is 16.2 Å². The monoisotopic (exact) mass is 269 g/mol. The van der Waals surface area contributed by atoms with E-state index in [1.54, 1.807) is 6.07 Å². The van der Waals surface area contributed by atoms with Crippen molar-refractivity contribution in [3.05, 3.63) is 59.2 Å². The van der Waals surface area contributed by atoms with E-state index in [0.717, 1.165) is 12.2 Å². The lowest BCUT2D eigenvalue weighted by Crippen LogP contribution is -2.19. The molecule has 2 amide bonds. The molecule has 0 saturated heterocycles. The molecule has 0 aliphatic carbocycles.